The lowest BCUT2D eigenvalue weighted by molar-refractivity contribution is -0.0505. The number of ether oxygens (including phenoxy) is 3. The zero-order chi connectivity index (χ0) is 39.7. The largest absolute Gasteiger partial charge is 0.476 e. The van der Waals surface area contributed by atoms with Gasteiger partial charge >= 0.3 is 12.2 Å². The quantitative estimate of drug-likeness (QED) is 0.223. The van der Waals surface area contributed by atoms with E-state index in [1.165, 1.54) is 24.2 Å². The van der Waals surface area contributed by atoms with Crippen LogP contribution in [0.25, 0.3) is 0 Å². The van der Waals surface area contributed by atoms with Gasteiger partial charge in [-0.3, -0.25) is 4.98 Å². The first-order chi connectivity index (χ1) is 23.5. The zero-order valence-corrected chi connectivity index (χ0v) is 34.9. The fraction of sp³-hybridized carbons (Fsp3) is 0.757. The molecule has 2 heterocycles. The number of hydrogen-bond acceptors (Lipinski definition) is 9. The first kappa shape index (κ1) is 43.1. The van der Waals surface area contributed by atoms with Crippen LogP contribution in [-0.2, 0) is 19.4 Å². The van der Waals surface area contributed by atoms with Crippen molar-refractivity contribution in [3.05, 3.63) is 24.2 Å². The number of halogens is 2. The zero-order valence-electron chi connectivity index (χ0n) is 33.9. The van der Waals surface area contributed by atoms with Gasteiger partial charge in [0.15, 0.2) is 14.1 Å². The van der Waals surface area contributed by atoms with Gasteiger partial charge in [-0.2, -0.15) is 10.1 Å². The number of hydrogen-bond donors (Lipinski definition) is 1. The Labute approximate surface area is 309 Å². The van der Waals surface area contributed by atoms with Crippen molar-refractivity contribution in [2.75, 3.05) is 11.5 Å². The molecule has 0 bridgehead atoms. The second-order valence-electron chi connectivity index (χ2n) is 18.3. The highest BCUT2D eigenvalue weighted by Gasteiger charge is 2.42. The lowest BCUT2D eigenvalue weighted by Crippen LogP contribution is -2.47. The minimum absolute atomic E-state index is 0.0704. The average Bonchev–Trinajstić information content (AvgIpc) is 3.58. The van der Waals surface area contributed by atoms with Crippen LogP contribution in [0.4, 0.5) is 30.0 Å². The summed E-state index contributed by atoms with van der Waals surface area (Å²) in [5, 5.41) is 7.33. The molecular weight excluding hydrogens is 691 g/mol. The molecule has 0 radical (unpaired) electrons. The number of aromatic nitrogens is 4. The highest BCUT2D eigenvalue weighted by atomic mass is 28.4. The Kier molecular flexibility index (Phi) is 12.9. The van der Waals surface area contributed by atoms with Gasteiger partial charge in [0.25, 0.3) is 5.92 Å². The van der Waals surface area contributed by atoms with E-state index in [9.17, 15) is 18.4 Å². The predicted octanol–water partition coefficient (Wildman–Crippen LogP) is 9.48. The van der Waals surface area contributed by atoms with E-state index in [2.05, 4.69) is 49.1 Å². The SMILES string of the molecule is C[C@H](NC(=O)OC(C)(C)C)C(F)(F)CCOc1cncc(N(C(=O)OC(C)(C)C)c2cc([C@H]3CC[C@@H](O[Si](C)(C)C(C)(C)C)C3)nn2C(C)(C)C)n1. The standard InChI is InChI=1S/C37H62F2N6O6Si/c1-24(41-31(46)49-34(5,6)7)37(38,39)18-19-48-29-23-40-22-28(42-29)44(32(47)50-35(8,9)10)30-21-27(43-45(30)33(2,3)4)25-16-17-26(20-25)51-52(14,15)36(11,12)13/h21-26H,16-20H2,1-15H3,(H,41,46)/t24-,25-,26+/m0/s1. The van der Waals surface area contributed by atoms with E-state index in [0.29, 0.717) is 5.82 Å². The summed E-state index contributed by atoms with van der Waals surface area (Å²) in [5.74, 6) is -2.79. The number of carbonyl (C=O) groups excluding carboxylic acids is 2. The molecule has 2 aromatic heterocycles. The molecule has 0 saturated heterocycles. The molecular formula is C37H62F2N6O6Si. The number of nitrogens with one attached hydrogen (secondary N) is 1. The van der Waals surface area contributed by atoms with Crippen molar-refractivity contribution in [1.82, 2.24) is 25.1 Å². The molecule has 2 amide bonds. The molecule has 0 aliphatic heterocycles. The molecule has 1 saturated carbocycles. The van der Waals surface area contributed by atoms with E-state index in [-0.39, 0.29) is 28.8 Å². The molecule has 1 aliphatic carbocycles. The number of rotatable bonds is 11. The summed E-state index contributed by atoms with van der Waals surface area (Å²) in [5.41, 5.74) is -1.40. The Morgan fingerprint density at radius 2 is 1.60 bits per heavy atom. The van der Waals surface area contributed by atoms with Crippen LogP contribution in [0.1, 0.15) is 127 Å². The molecule has 0 unspecified atom stereocenters. The molecule has 3 rings (SSSR count). The van der Waals surface area contributed by atoms with Crippen LogP contribution in [0.3, 0.4) is 0 Å². The lowest BCUT2D eigenvalue weighted by Gasteiger charge is -2.38. The van der Waals surface area contributed by atoms with E-state index >= 15 is 0 Å². The Bertz CT molecular complexity index is 1540. The molecule has 15 heteroatoms. The first-order valence-electron chi connectivity index (χ1n) is 18.1. The van der Waals surface area contributed by atoms with E-state index in [4.69, 9.17) is 23.7 Å². The minimum Gasteiger partial charge on any atom is -0.476 e. The van der Waals surface area contributed by atoms with Crippen LogP contribution in [-0.4, -0.2) is 76.1 Å². The Hall–Kier alpha value is -3.33. The Morgan fingerprint density at radius 3 is 2.15 bits per heavy atom. The van der Waals surface area contributed by atoms with Crippen LogP contribution in [0.15, 0.2) is 18.5 Å². The number of alkyl carbamates (subject to hydrolysis) is 1. The molecule has 1 N–H and O–H groups in total. The minimum atomic E-state index is -3.32. The van der Waals surface area contributed by atoms with E-state index < -0.39 is 62.2 Å². The second kappa shape index (κ2) is 15.6. The van der Waals surface area contributed by atoms with Crippen molar-refractivity contribution < 1.29 is 37.0 Å². The smallest absolute Gasteiger partial charge is 0.421 e. The fourth-order valence-electron chi connectivity index (χ4n) is 5.38. The van der Waals surface area contributed by atoms with E-state index in [0.717, 1.165) is 25.0 Å². The van der Waals surface area contributed by atoms with Crippen LogP contribution in [0.5, 0.6) is 5.88 Å². The van der Waals surface area contributed by atoms with Gasteiger partial charge in [-0.1, -0.05) is 20.8 Å². The van der Waals surface area contributed by atoms with Crippen molar-refractivity contribution in [2.24, 2.45) is 0 Å². The first-order valence-corrected chi connectivity index (χ1v) is 21.0. The van der Waals surface area contributed by atoms with Gasteiger partial charge in [0.05, 0.1) is 36.3 Å². The molecule has 294 valence electrons. The van der Waals surface area contributed by atoms with Gasteiger partial charge in [-0.25, -0.2) is 28.0 Å². The average molecular weight is 753 g/mol. The fourth-order valence-corrected chi connectivity index (χ4v) is 6.78. The van der Waals surface area contributed by atoms with Crippen molar-refractivity contribution in [2.45, 2.75) is 175 Å². The number of amides is 2. The number of alkyl halides is 2. The van der Waals surface area contributed by atoms with E-state index in [1.54, 1.807) is 46.2 Å². The third kappa shape index (κ3) is 11.8. The third-order valence-electron chi connectivity index (χ3n) is 9.10. The van der Waals surface area contributed by atoms with Crippen LogP contribution < -0.4 is 15.0 Å². The molecule has 0 spiro atoms. The third-order valence-corrected chi connectivity index (χ3v) is 13.6. The Balaban J connectivity index is 1.90. The molecule has 2 aromatic rings. The maximum atomic E-state index is 15.0. The number of nitrogens with zero attached hydrogens (tertiary/aromatic N) is 5. The van der Waals surface area contributed by atoms with Crippen molar-refractivity contribution in [1.29, 1.82) is 0 Å². The highest BCUT2D eigenvalue weighted by Crippen LogP contribution is 2.44. The van der Waals surface area contributed by atoms with Crippen molar-refractivity contribution in [3.8, 4) is 5.88 Å². The molecule has 12 nitrogen and oxygen atoms in total. The summed E-state index contributed by atoms with van der Waals surface area (Å²) in [6.07, 6.45) is 3.05. The van der Waals surface area contributed by atoms with Crippen molar-refractivity contribution in [3.63, 3.8) is 0 Å². The van der Waals surface area contributed by atoms with Gasteiger partial charge in [-0.15, -0.1) is 0 Å². The topological polar surface area (TPSA) is 130 Å². The molecule has 1 aliphatic rings. The van der Waals surface area contributed by atoms with Crippen molar-refractivity contribution >= 4 is 32.1 Å². The summed E-state index contributed by atoms with van der Waals surface area (Å²) in [7, 11) is -1.97. The monoisotopic (exact) mass is 752 g/mol. The van der Waals surface area contributed by atoms with Crippen LogP contribution in [0.2, 0.25) is 18.1 Å². The normalized spacial score (nSPS) is 18.2. The summed E-state index contributed by atoms with van der Waals surface area (Å²) in [4.78, 5) is 36.1. The summed E-state index contributed by atoms with van der Waals surface area (Å²) in [6.45, 7) is 28.2. The van der Waals surface area contributed by atoms with Gasteiger partial charge < -0.3 is 24.0 Å². The number of anilines is 2. The lowest BCUT2D eigenvalue weighted by atomic mass is 10.0. The summed E-state index contributed by atoms with van der Waals surface area (Å²) in [6, 6.07) is 0.371. The summed E-state index contributed by atoms with van der Waals surface area (Å²) >= 11 is 0. The predicted molar refractivity (Wildman–Crippen MR) is 200 cm³/mol. The molecule has 3 atom stereocenters. The Morgan fingerprint density at radius 1 is 0.981 bits per heavy atom. The molecule has 1 fully saturated rings. The van der Waals surface area contributed by atoms with Crippen LogP contribution >= 0.6 is 0 Å². The van der Waals surface area contributed by atoms with Gasteiger partial charge in [0.1, 0.15) is 17.0 Å². The van der Waals surface area contributed by atoms with E-state index in [1.807, 2.05) is 26.8 Å². The van der Waals surface area contributed by atoms with Gasteiger partial charge in [-0.05, 0) is 107 Å². The van der Waals surface area contributed by atoms with Gasteiger partial charge in [0, 0.05) is 24.5 Å². The highest BCUT2D eigenvalue weighted by molar-refractivity contribution is 6.74. The molecule has 52 heavy (non-hydrogen) atoms. The molecule has 0 aromatic carbocycles. The number of carbonyl (C=O) groups is 2. The second-order valence-corrected chi connectivity index (χ2v) is 23.0. The maximum absolute atomic E-state index is 15.0. The van der Waals surface area contributed by atoms with Crippen LogP contribution in [0, 0.1) is 0 Å². The summed E-state index contributed by atoms with van der Waals surface area (Å²) < 4.78 is 55.1. The maximum Gasteiger partial charge on any atom is 0.421 e. The van der Waals surface area contributed by atoms with Gasteiger partial charge in [0.2, 0.25) is 5.88 Å².